The van der Waals surface area contributed by atoms with Crippen molar-refractivity contribution in [3.8, 4) is 0 Å². The molecule has 128 valence electrons. The van der Waals surface area contributed by atoms with E-state index in [2.05, 4.69) is 50.2 Å². The van der Waals surface area contributed by atoms with Gasteiger partial charge in [-0.25, -0.2) is 4.99 Å². The molecular formula is C17H28N4O2. The molecule has 0 saturated carbocycles. The third kappa shape index (κ3) is 7.13. The van der Waals surface area contributed by atoms with Crippen LogP contribution in [-0.2, 0) is 6.54 Å². The fourth-order valence-corrected chi connectivity index (χ4v) is 1.73. The van der Waals surface area contributed by atoms with Crippen LogP contribution in [0.25, 0.3) is 0 Å². The van der Waals surface area contributed by atoms with Gasteiger partial charge in [-0.3, -0.25) is 10.1 Å². The fraction of sp³-hybridized carbons (Fsp3) is 0.588. The number of non-ortho nitro benzene ring substituents is 1. The van der Waals surface area contributed by atoms with Crippen LogP contribution in [0, 0.1) is 22.0 Å². The van der Waals surface area contributed by atoms with Crippen molar-refractivity contribution in [3.05, 3.63) is 39.9 Å². The molecule has 2 N–H and O–H groups in total. The Morgan fingerprint density at radius 2 is 1.78 bits per heavy atom. The van der Waals surface area contributed by atoms with Gasteiger partial charge in [-0.1, -0.05) is 39.8 Å². The zero-order valence-corrected chi connectivity index (χ0v) is 14.7. The van der Waals surface area contributed by atoms with Crippen LogP contribution in [0.15, 0.2) is 29.3 Å². The number of nitro groups is 1. The highest BCUT2D eigenvalue weighted by atomic mass is 16.6. The van der Waals surface area contributed by atoms with Gasteiger partial charge in [0.25, 0.3) is 5.69 Å². The van der Waals surface area contributed by atoms with E-state index in [0.29, 0.717) is 24.4 Å². The number of aliphatic imine (C=N–C) groups is 1. The van der Waals surface area contributed by atoms with Gasteiger partial charge in [-0.2, -0.15) is 0 Å². The molecule has 0 fully saturated rings. The molecule has 0 spiro atoms. The molecule has 1 aromatic rings. The van der Waals surface area contributed by atoms with Crippen LogP contribution in [0.5, 0.6) is 0 Å². The van der Waals surface area contributed by atoms with Gasteiger partial charge in [-0.05, 0) is 24.3 Å². The third-order valence-electron chi connectivity index (χ3n) is 3.61. The first-order valence-corrected chi connectivity index (χ1v) is 8.07. The van der Waals surface area contributed by atoms with Crippen LogP contribution in [-0.4, -0.2) is 23.5 Å². The minimum absolute atomic E-state index is 0.0995. The standard InChI is InChI=1S/C17H28N4O2/c1-12(2)10-18-17(20-14(5)13(3)4)19-11-15-6-8-16(9-7-15)21(22)23/h6-9,12-14H,10-11H2,1-5H3,(H2,18,19,20). The number of nitro benzene ring substituents is 1. The SMILES string of the molecule is CC(C)CNC(=NCc1ccc([N+](=O)[O-])cc1)NC(C)C(C)C. The number of guanidine groups is 1. The molecule has 1 atom stereocenters. The number of nitrogens with one attached hydrogen (secondary N) is 2. The summed E-state index contributed by atoms with van der Waals surface area (Å²) in [6.45, 7) is 12.1. The van der Waals surface area contributed by atoms with Crippen molar-refractivity contribution in [2.24, 2.45) is 16.8 Å². The summed E-state index contributed by atoms with van der Waals surface area (Å²) in [6.07, 6.45) is 0. The quantitative estimate of drug-likeness (QED) is 0.349. The summed E-state index contributed by atoms with van der Waals surface area (Å²) in [7, 11) is 0. The Balaban J connectivity index is 2.75. The smallest absolute Gasteiger partial charge is 0.269 e. The van der Waals surface area contributed by atoms with Crippen molar-refractivity contribution in [2.75, 3.05) is 6.54 Å². The Hall–Kier alpha value is -2.11. The van der Waals surface area contributed by atoms with Gasteiger partial charge in [-0.15, -0.1) is 0 Å². The molecule has 23 heavy (non-hydrogen) atoms. The van der Waals surface area contributed by atoms with Crippen LogP contribution in [0.3, 0.4) is 0 Å². The Labute approximate surface area is 138 Å². The third-order valence-corrected chi connectivity index (χ3v) is 3.61. The first-order valence-electron chi connectivity index (χ1n) is 8.07. The molecule has 1 unspecified atom stereocenters. The molecule has 0 aliphatic carbocycles. The van der Waals surface area contributed by atoms with Crippen molar-refractivity contribution >= 4 is 11.6 Å². The monoisotopic (exact) mass is 320 g/mol. The molecule has 0 radical (unpaired) electrons. The summed E-state index contributed by atoms with van der Waals surface area (Å²) in [5, 5.41) is 17.4. The summed E-state index contributed by atoms with van der Waals surface area (Å²) < 4.78 is 0. The molecule has 0 amide bonds. The lowest BCUT2D eigenvalue weighted by Crippen LogP contribution is -2.45. The van der Waals surface area contributed by atoms with Crippen molar-refractivity contribution < 1.29 is 4.92 Å². The second-order valence-electron chi connectivity index (χ2n) is 6.54. The van der Waals surface area contributed by atoms with Crippen molar-refractivity contribution in [3.63, 3.8) is 0 Å². The molecule has 0 aromatic heterocycles. The van der Waals surface area contributed by atoms with Crippen LogP contribution >= 0.6 is 0 Å². The lowest BCUT2D eigenvalue weighted by Gasteiger charge is -2.21. The van der Waals surface area contributed by atoms with E-state index in [1.54, 1.807) is 12.1 Å². The van der Waals surface area contributed by atoms with Crippen LogP contribution in [0.4, 0.5) is 5.69 Å². The zero-order chi connectivity index (χ0) is 17.4. The molecule has 6 heteroatoms. The average Bonchev–Trinajstić information content (AvgIpc) is 2.49. The predicted molar refractivity (Wildman–Crippen MR) is 94.5 cm³/mol. The second-order valence-corrected chi connectivity index (χ2v) is 6.54. The highest BCUT2D eigenvalue weighted by molar-refractivity contribution is 5.80. The molecule has 0 aliphatic heterocycles. The Morgan fingerprint density at radius 3 is 2.26 bits per heavy atom. The molecule has 0 aliphatic rings. The number of hydrogen-bond donors (Lipinski definition) is 2. The lowest BCUT2D eigenvalue weighted by atomic mass is 10.1. The first kappa shape index (κ1) is 18.9. The molecule has 1 rings (SSSR count). The van der Waals surface area contributed by atoms with Gasteiger partial charge in [0.15, 0.2) is 5.96 Å². The molecule has 1 aromatic carbocycles. The number of nitrogens with zero attached hydrogens (tertiary/aromatic N) is 2. The van der Waals surface area contributed by atoms with Gasteiger partial charge >= 0.3 is 0 Å². The van der Waals surface area contributed by atoms with E-state index in [1.165, 1.54) is 12.1 Å². The van der Waals surface area contributed by atoms with E-state index in [0.717, 1.165) is 18.1 Å². The van der Waals surface area contributed by atoms with E-state index >= 15 is 0 Å². The Bertz CT molecular complexity index is 524. The van der Waals surface area contributed by atoms with Crippen molar-refractivity contribution in [2.45, 2.75) is 47.2 Å². The largest absolute Gasteiger partial charge is 0.356 e. The van der Waals surface area contributed by atoms with Gasteiger partial charge in [0, 0.05) is 24.7 Å². The number of rotatable bonds is 7. The summed E-state index contributed by atoms with van der Waals surface area (Å²) in [6, 6.07) is 6.82. The second kappa shape index (κ2) is 9.12. The number of benzene rings is 1. The van der Waals surface area contributed by atoms with Crippen LogP contribution in [0.1, 0.15) is 40.2 Å². The van der Waals surface area contributed by atoms with Crippen molar-refractivity contribution in [1.82, 2.24) is 10.6 Å². The lowest BCUT2D eigenvalue weighted by molar-refractivity contribution is -0.384. The maximum Gasteiger partial charge on any atom is 0.269 e. The molecule has 0 saturated heterocycles. The maximum atomic E-state index is 10.7. The zero-order valence-electron chi connectivity index (χ0n) is 14.7. The van der Waals surface area contributed by atoms with Gasteiger partial charge in [0.05, 0.1) is 11.5 Å². The fourth-order valence-electron chi connectivity index (χ4n) is 1.73. The van der Waals surface area contributed by atoms with E-state index < -0.39 is 4.92 Å². The van der Waals surface area contributed by atoms with E-state index in [1.807, 2.05) is 0 Å². The molecule has 0 heterocycles. The summed E-state index contributed by atoms with van der Waals surface area (Å²) in [4.78, 5) is 14.9. The minimum atomic E-state index is -0.394. The van der Waals surface area contributed by atoms with Gasteiger partial charge in [0.2, 0.25) is 0 Å². The highest BCUT2D eigenvalue weighted by Gasteiger charge is 2.10. The Morgan fingerprint density at radius 1 is 1.17 bits per heavy atom. The van der Waals surface area contributed by atoms with Crippen molar-refractivity contribution in [1.29, 1.82) is 0 Å². The van der Waals surface area contributed by atoms with E-state index in [4.69, 9.17) is 0 Å². The summed E-state index contributed by atoms with van der Waals surface area (Å²) in [5.41, 5.74) is 1.04. The predicted octanol–water partition coefficient (Wildman–Crippen LogP) is 3.33. The first-order chi connectivity index (χ1) is 10.8. The van der Waals surface area contributed by atoms with Crippen LogP contribution in [0.2, 0.25) is 0 Å². The molecule has 6 nitrogen and oxygen atoms in total. The summed E-state index contributed by atoms with van der Waals surface area (Å²) in [5.74, 6) is 1.80. The Kier molecular flexibility index (Phi) is 7.51. The van der Waals surface area contributed by atoms with Crippen LogP contribution < -0.4 is 10.6 Å². The van der Waals surface area contributed by atoms with E-state index in [-0.39, 0.29) is 5.69 Å². The molecule has 0 bridgehead atoms. The highest BCUT2D eigenvalue weighted by Crippen LogP contribution is 2.12. The minimum Gasteiger partial charge on any atom is -0.356 e. The normalized spacial score (nSPS) is 13.3. The summed E-state index contributed by atoms with van der Waals surface area (Å²) >= 11 is 0. The number of hydrogen-bond acceptors (Lipinski definition) is 3. The topological polar surface area (TPSA) is 79.6 Å². The molecular weight excluding hydrogens is 292 g/mol. The van der Waals surface area contributed by atoms with Gasteiger partial charge < -0.3 is 10.6 Å². The average molecular weight is 320 g/mol. The van der Waals surface area contributed by atoms with Gasteiger partial charge in [0.1, 0.15) is 0 Å². The van der Waals surface area contributed by atoms with E-state index in [9.17, 15) is 10.1 Å². The maximum absolute atomic E-state index is 10.7.